The minimum absolute atomic E-state index is 0.102. The lowest BCUT2D eigenvalue weighted by Crippen LogP contribution is -2.26. The minimum atomic E-state index is -0.378. The van der Waals surface area contributed by atoms with Gasteiger partial charge in [0.15, 0.2) is 0 Å². The van der Waals surface area contributed by atoms with E-state index in [0.29, 0.717) is 0 Å². The van der Waals surface area contributed by atoms with Gasteiger partial charge in [-0.25, -0.2) is 0 Å². The molecule has 1 aromatic heterocycles. The van der Waals surface area contributed by atoms with Crippen LogP contribution in [-0.2, 0) is 14.3 Å². The fourth-order valence-electron chi connectivity index (χ4n) is 1.19. The van der Waals surface area contributed by atoms with Gasteiger partial charge in [-0.05, 0) is 12.1 Å². The Bertz CT molecular complexity index is 365. The van der Waals surface area contributed by atoms with E-state index in [9.17, 15) is 9.59 Å². The molecule has 5 heteroatoms. The molecule has 0 unspecified atom stereocenters. The maximum Gasteiger partial charge on any atom is 0.306 e. The molecule has 86 valence electrons. The summed E-state index contributed by atoms with van der Waals surface area (Å²) in [5.74, 6) is -0.506. The molecule has 16 heavy (non-hydrogen) atoms. The highest BCUT2D eigenvalue weighted by Crippen LogP contribution is 2.11. The third kappa shape index (κ3) is 3.34. The molecule has 0 saturated heterocycles. The third-order valence-corrected chi connectivity index (χ3v) is 2.19. The largest absolute Gasteiger partial charge is 0.469 e. The van der Waals surface area contributed by atoms with E-state index in [1.165, 1.54) is 12.0 Å². The quantitative estimate of drug-likeness (QED) is 0.713. The monoisotopic (exact) mass is 222 g/mol. The first-order valence-electron chi connectivity index (χ1n) is 4.88. The van der Waals surface area contributed by atoms with Gasteiger partial charge in [-0.3, -0.25) is 14.6 Å². The van der Waals surface area contributed by atoms with Crippen molar-refractivity contribution < 1.29 is 14.3 Å². The van der Waals surface area contributed by atoms with Gasteiger partial charge in [0.2, 0.25) is 5.91 Å². The molecular weight excluding hydrogens is 208 g/mol. The molecule has 0 aliphatic rings. The van der Waals surface area contributed by atoms with Crippen LogP contribution >= 0.6 is 0 Å². The topological polar surface area (TPSA) is 59.5 Å². The van der Waals surface area contributed by atoms with Crippen LogP contribution in [-0.4, -0.2) is 31.0 Å². The lowest BCUT2D eigenvalue weighted by molar-refractivity contribution is -0.141. The number of rotatable bonds is 4. The molecular formula is C11H14N2O3. The molecule has 0 radical (unpaired) electrons. The SMILES string of the molecule is COC(=O)CCC(=O)N(C)c1ccncc1. The zero-order chi connectivity index (χ0) is 12.0. The second kappa shape index (κ2) is 5.85. The highest BCUT2D eigenvalue weighted by molar-refractivity contribution is 5.94. The Kier molecular flexibility index (Phi) is 4.44. The minimum Gasteiger partial charge on any atom is -0.469 e. The molecule has 1 aromatic rings. The van der Waals surface area contributed by atoms with Gasteiger partial charge < -0.3 is 9.64 Å². The van der Waals surface area contributed by atoms with Gasteiger partial charge in [0, 0.05) is 31.5 Å². The number of aromatic nitrogens is 1. The molecule has 0 atom stereocenters. The number of anilines is 1. The number of hydrogen-bond donors (Lipinski definition) is 0. The first kappa shape index (κ1) is 12.2. The number of amides is 1. The average molecular weight is 222 g/mol. The summed E-state index contributed by atoms with van der Waals surface area (Å²) in [4.78, 5) is 27.9. The zero-order valence-corrected chi connectivity index (χ0v) is 9.34. The number of carbonyl (C=O) groups is 2. The van der Waals surface area contributed by atoms with Crippen LogP contribution in [0.25, 0.3) is 0 Å². The molecule has 0 aromatic carbocycles. The molecule has 0 N–H and O–H groups in total. The number of hydrogen-bond acceptors (Lipinski definition) is 4. The fraction of sp³-hybridized carbons (Fsp3) is 0.364. The van der Waals surface area contributed by atoms with E-state index >= 15 is 0 Å². The van der Waals surface area contributed by atoms with E-state index in [-0.39, 0.29) is 24.7 Å². The normalized spacial score (nSPS) is 9.62. The van der Waals surface area contributed by atoms with Gasteiger partial charge in [-0.1, -0.05) is 0 Å². The summed E-state index contributed by atoms with van der Waals surface area (Å²) in [5.41, 5.74) is 0.755. The van der Waals surface area contributed by atoms with E-state index in [2.05, 4.69) is 9.72 Å². The Balaban J connectivity index is 2.52. The van der Waals surface area contributed by atoms with Crippen molar-refractivity contribution in [1.29, 1.82) is 0 Å². The third-order valence-electron chi connectivity index (χ3n) is 2.19. The van der Waals surface area contributed by atoms with Crippen molar-refractivity contribution in [3.8, 4) is 0 Å². The summed E-state index contributed by atoms with van der Waals surface area (Å²) in [7, 11) is 2.97. The maximum absolute atomic E-state index is 11.7. The summed E-state index contributed by atoms with van der Waals surface area (Å²) < 4.78 is 4.47. The van der Waals surface area contributed by atoms with Crippen molar-refractivity contribution in [2.45, 2.75) is 12.8 Å². The molecule has 0 aliphatic heterocycles. The van der Waals surface area contributed by atoms with E-state index in [1.54, 1.807) is 31.6 Å². The molecule has 1 heterocycles. The molecule has 0 bridgehead atoms. The van der Waals surface area contributed by atoms with E-state index < -0.39 is 0 Å². The number of ether oxygens (including phenoxy) is 1. The summed E-state index contributed by atoms with van der Waals surface area (Å²) in [6, 6.07) is 3.46. The second-order valence-corrected chi connectivity index (χ2v) is 3.23. The number of carbonyl (C=O) groups excluding carboxylic acids is 2. The maximum atomic E-state index is 11.7. The number of nitrogens with zero attached hydrogens (tertiary/aromatic N) is 2. The molecule has 5 nitrogen and oxygen atoms in total. The summed E-state index contributed by atoms with van der Waals surface area (Å²) in [6.45, 7) is 0. The predicted molar refractivity (Wildman–Crippen MR) is 58.9 cm³/mol. The zero-order valence-electron chi connectivity index (χ0n) is 9.34. The van der Waals surface area contributed by atoms with Crippen LogP contribution in [0.15, 0.2) is 24.5 Å². The van der Waals surface area contributed by atoms with E-state index in [0.717, 1.165) is 5.69 Å². The Labute approximate surface area is 94.0 Å². The molecule has 1 amide bonds. The lowest BCUT2D eigenvalue weighted by atomic mass is 10.2. The number of methoxy groups -OCH3 is 1. The number of esters is 1. The van der Waals surface area contributed by atoms with Gasteiger partial charge in [-0.2, -0.15) is 0 Å². The standard InChI is InChI=1S/C11H14N2O3/c1-13(9-5-7-12-8-6-9)10(14)3-4-11(15)16-2/h5-8H,3-4H2,1-2H3. The Morgan fingerprint density at radius 3 is 2.50 bits per heavy atom. The Morgan fingerprint density at radius 2 is 1.94 bits per heavy atom. The predicted octanol–water partition coefficient (Wildman–Crippen LogP) is 0.998. The van der Waals surface area contributed by atoms with Crippen LogP contribution < -0.4 is 4.90 Å². The fourth-order valence-corrected chi connectivity index (χ4v) is 1.19. The molecule has 0 spiro atoms. The average Bonchev–Trinajstić information content (AvgIpc) is 2.35. The molecule has 1 rings (SSSR count). The van der Waals surface area contributed by atoms with Crippen molar-refractivity contribution in [1.82, 2.24) is 4.98 Å². The van der Waals surface area contributed by atoms with Crippen molar-refractivity contribution in [2.24, 2.45) is 0 Å². The van der Waals surface area contributed by atoms with Crippen molar-refractivity contribution in [2.75, 3.05) is 19.1 Å². The highest BCUT2D eigenvalue weighted by atomic mass is 16.5. The van der Waals surface area contributed by atoms with Crippen molar-refractivity contribution in [3.05, 3.63) is 24.5 Å². The summed E-state index contributed by atoms with van der Waals surface area (Å²) in [6.07, 6.45) is 3.47. The first-order chi connectivity index (χ1) is 7.65. The Hall–Kier alpha value is -1.91. The second-order valence-electron chi connectivity index (χ2n) is 3.23. The van der Waals surface area contributed by atoms with Crippen LogP contribution in [0.1, 0.15) is 12.8 Å². The van der Waals surface area contributed by atoms with Crippen LogP contribution in [0, 0.1) is 0 Å². The van der Waals surface area contributed by atoms with Crippen LogP contribution in [0.5, 0.6) is 0 Å². The molecule has 0 fully saturated rings. The van der Waals surface area contributed by atoms with Gasteiger partial charge in [0.25, 0.3) is 0 Å². The van der Waals surface area contributed by atoms with Gasteiger partial charge in [0.05, 0.1) is 13.5 Å². The smallest absolute Gasteiger partial charge is 0.306 e. The summed E-state index contributed by atoms with van der Waals surface area (Å²) in [5, 5.41) is 0. The highest BCUT2D eigenvalue weighted by Gasteiger charge is 2.12. The Morgan fingerprint density at radius 1 is 1.31 bits per heavy atom. The molecule has 0 aliphatic carbocycles. The van der Waals surface area contributed by atoms with Crippen molar-refractivity contribution in [3.63, 3.8) is 0 Å². The van der Waals surface area contributed by atoms with Crippen molar-refractivity contribution >= 4 is 17.6 Å². The van der Waals surface area contributed by atoms with Crippen LogP contribution in [0.2, 0.25) is 0 Å². The van der Waals surface area contributed by atoms with E-state index in [4.69, 9.17) is 0 Å². The number of pyridine rings is 1. The first-order valence-corrected chi connectivity index (χ1v) is 4.88. The van der Waals surface area contributed by atoms with Crippen LogP contribution in [0.4, 0.5) is 5.69 Å². The molecule has 0 saturated carbocycles. The van der Waals surface area contributed by atoms with Gasteiger partial charge in [0.1, 0.15) is 0 Å². The van der Waals surface area contributed by atoms with Crippen LogP contribution in [0.3, 0.4) is 0 Å². The lowest BCUT2D eigenvalue weighted by Gasteiger charge is -2.16. The van der Waals surface area contributed by atoms with Gasteiger partial charge in [-0.15, -0.1) is 0 Å². The van der Waals surface area contributed by atoms with E-state index in [1.807, 2.05) is 0 Å². The van der Waals surface area contributed by atoms with Gasteiger partial charge >= 0.3 is 5.97 Å². The summed E-state index contributed by atoms with van der Waals surface area (Å²) >= 11 is 0.